The van der Waals surface area contributed by atoms with Gasteiger partial charge >= 0.3 is 5.97 Å². The number of thiazole rings is 1. The predicted octanol–water partition coefficient (Wildman–Crippen LogP) is 4.07. The highest BCUT2D eigenvalue weighted by Crippen LogP contribution is 2.22. The monoisotopic (exact) mass is 348 g/mol. The second-order valence-electron chi connectivity index (χ2n) is 4.50. The summed E-state index contributed by atoms with van der Waals surface area (Å²) >= 11 is 7.53. The molecule has 118 valence electrons. The van der Waals surface area contributed by atoms with Gasteiger partial charge in [0.15, 0.2) is 10.1 Å². The number of imidazole rings is 1. The number of esters is 1. The van der Waals surface area contributed by atoms with E-state index in [4.69, 9.17) is 21.1 Å². The van der Waals surface area contributed by atoms with Crippen molar-refractivity contribution in [1.29, 1.82) is 0 Å². The minimum Gasteiger partial charge on any atom is -0.494 e. The van der Waals surface area contributed by atoms with E-state index in [9.17, 15) is 4.79 Å². The van der Waals surface area contributed by atoms with E-state index in [2.05, 4.69) is 4.98 Å². The largest absolute Gasteiger partial charge is 0.494 e. The molecule has 0 atom stereocenters. The molecule has 0 aliphatic carbocycles. The van der Waals surface area contributed by atoms with Gasteiger partial charge < -0.3 is 9.47 Å². The van der Waals surface area contributed by atoms with Crippen molar-refractivity contribution in [2.75, 3.05) is 6.61 Å². The topological polar surface area (TPSA) is 52.8 Å². The SMILES string of the molecule is CCOc1ccc(OC(=O)C=Cc2c(Cl)nc3sccn23)cc1. The summed E-state index contributed by atoms with van der Waals surface area (Å²) in [6.45, 7) is 2.50. The summed E-state index contributed by atoms with van der Waals surface area (Å²) in [5.41, 5.74) is 0.645. The number of ether oxygens (including phenoxy) is 2. The highest BCUT2D eigenvalue weighted by molar-refractivity contribution is 7.15. The first-order chi connectivity index (χ1) is 11.2. The summed E-state index contributed by atoms with van der Waals surface area (Å²) in [7, 11) is 0. The molecule has 0 radical (unpaired) electrons. The molecule has 0 saturated heterocycles. The second kappa shape index (κ2) is 6.85. The van der Waals surface area contributed by atoms with Gasteiger partial charge in [-0.3, -0.25) is 4.40 Å². The number of benzene rings is 1. The van der Waals surface area contributed by atoms with Crippen LogP contribution in [0.4, 0.5) is 0 Å². The summed E-state index contributed by atoms with van der Waals surface area (Å²) < 4.78 is 12.4. The fraction of sp³-hybridized carbons (Fsp3) is 0.125. The van der Waals surface area contributed by atoms with Gasteiger partial charge in [0.1, 0.15) is 11.5 Å². The molecule has 2 heterocycles. The average Bonchev–Trinajstić information content (AvgIpc) is 3.08. The van der Waals surface area contributed by atoms with Crippen LogP contribution in [-0.4, -0.2) is 22.0 Å². The molecule has 3 aromatic rings. The van der Waals surface area contributed by atoms with Gasteiger partial charge in [0.2, 0.25) is 0 Å². The Balaban J connectivity index is 1.69. The predicted molar refractivity (Wildman–Crippen MR) is 90.4 cm³/mol. The number of carbonyl (C=O) groups is 1. The molecule has 3 rings (SSSR count). The normalized spacial score (nSPS) is 11.2. The average molecular weight is 349 g/mol. The van der Waals surface area contributed by atoms with E-state index in [1.54, 1.807) is 30.3 Å². The van der Waals surface area contributed by atoms with Gasteiger partial charge in [0.25, 0.3) is 0 Å². The zero-order valence-corrected chi connectivity index (χ0v) is 13.8. The maximum absolute atomic E-state index is 11.9. The Morgan fingerprint density at radius 1 is 1.35 bits per heavy atom. The summed E-state index contributed by atoms with van der Waals surface area (Å²) in [5.74, 6) is 0.687. The molecule has 0 unspecified atom stereocenters. The molecule has 0 bridgehead atoms. The molecule has 5 nitrogen and oxygen atoms in total. The maximum atomic E-state index is 11.9. The number of fused-ring (bicyclic) bond motifs is 1. The molecule has 0 fully saturated rings. The van der Waals surface area contributed by atoms with Crippen molar-refractivity contribution in [1.82, 2.24) is 9.38 Å². The first-order valence-corrected chi connectivity index (χ1v) is 8.17. The molecule has 7 heteroatoms. The van der Waals surface area contributed by atoms with E-state index in [1.165, 1.54) is 17.4 Å². The second-order valence-corrected chi connectivity index (χ2v) is 5.73. The molecule has 23 heavy (non-hydrogen) atoms. The van der Waals surface area contributed by atoms with Gasteiger partial charge in [-0.1, -0.05) is 11.6 Å². The number of hydrogen-bond acceptors (Lipinski definition) is 5. The van der Waals surface area contributed by atoms with Crippen molar-refractivity contribution in [2.45, 2.75) is 6.92 Å². The van der Waals surface area contributed by atoms with E-state index >= 15 is 0 Å². The van der Waals surface area contributed by atoms with E-state index < -0.39 is 5.97 Å². The lowest BCUT2D eigenvalue weighted by molar-refractivity contribution is -0.128. The maximum Gasteiger partial charge on any atom is 0.336 e. The van der Waals surface area contributed by atoms with E-state index in [-0.39, 0.29) is 0 Å². The number of hydrogen-bond donors (Lipinski definition) is 0. The van der Waals surface area contributed by atoms with Crippen molar-refractivity contribution in [3.05, 3.63) is 52.8 Å². The molecular formula is C16H13ClN2O3S. The third-order valence-corrected chi connectivity index (χ3v) is 4.02. The molecule has 2 aromatic heterocycles. The Bertz CT molecular complexity index is 852. The van der Waals surface area contributed by atoms with Crippen LogP contribution in [0.5, 0.6) is 11.5 Å². The standard InChI is InChI=1S/C16H13ClN2O3S/c1-2-21-11-3-5-12(6-4-11)22-14(20)8-7-13-15(17)18-16-19(13)9-10-23-16/h3-10H,2H2,1H3. The van der Waals surface area contributed by atoms with Crippen LogP contribution in [0, 0.1) is 0 Å². The Kier molecular flexibility index (Phi) is 4.64. The van der Waals surface area contributed by atoms with Gasteiger partial charge in [-0.2, -0.15) is 0 Å². The first-order valence-electron chi connectivity index (χ1n) is 6.91. The van der Waals surface area contributed by atoms with Crippen LogP contribution in [0.3, 0.4) is 0 Å². The smallest absolute Gasteiger partial charge is 0.336 e. The molecule has 0 amide bonds. The minimum absolute atomic E-state index is 0.349. The zero-order valence-electron chi connectivity index (χ0n) is 12.2. The lowest BCUT2D eigenvalue weighted by Gasteiger charge is -2.04. The van der Waals surface area contributed by atoms with E-state index in [1.807, 2.05) is 22.9 Å². The fourth-order valence-electron chi connectivity index (χ4n) is 1.99. The summed E-state index contributed by atoms with van der Waals surface area (Å²) in [6, 6.07) is 6.86. The summed E-state index contributed by atoms with van der Waals surface area (Å²) in [5, 5.41) is 2.25. The van der Waals surface area contributed by atoms with Crippen LogP contribution in [0.1, 0.15) is 12.6 Å². The molecule has 0 saturated carbocycles. The third kappa shape index (κ3) is 3.55. The molecule has 0 aliphatic rings. The Morgan fingerprint density at radius 3 is 2.83 bits per heavy atom. The van der Waals surface area contributed by atoms with Gasteiger partial charge in [0, 0.05) is 17.7 Å². The summed E-state index contributed by atoms with van der Waals surface area (Å²) in [6.07, 6.45) is 4.76. The van der Waals surface area contributed by atoms with Crippen LogP contribution in [-0.2, 0) is 4.79 Å². The molecule has 0 N–H and O–H groups in total. The number of nitrogens with zero attached hydrogens (tertiary/aromatic N) is 2. The van der Waals surface area contributed by atoms with E-state index in [0.29, 0.717) is 23.2 Å². The van der Waals surface area contributed by atoms with Crippen LogP contribution < -0.4 is 9.47 Å². The fourth-order valence-corrected chi connectivity index (χ4v) is 3.00. The molecule has 0 spiro atoms. The lowest BCUT2D eigenvalue weighted by Crippen LogP contribution is -2.03. The number of aromatic nitrogens is 2. The molecular weight excluding hydrogens is 336 g/mol. The van der Waals surface area contributed by atoms with Crippen molar-refractivity contribution < 1.29 is 14.3 Å². The Hall–Kier alpha value is -2.31. The van der Waals surface area contributed by atoms with Crippen LogP contribution in [0.25, 0.3) is 11.0 Å². The minimum atomic E-state index is -0.490. The van der Waals surface area contributed by atoms with Crippen LogP contribution >= 0.6 is 22.9 Å². The third-order valence-electron chi connectivity index (χ3n) is 2.98. The van der Waals surface area contributed by atoms with E-state index in [0.717, 1.165) is 10.7 Å². The van der Waals surface area contributed by atoms with Gasteiger partial charge in [0.05, 0.1) is 12.3 Å². The quantitative estimate of drug-likeness (QED) is 0.396. The van der Waals surface area contributed by atoms with Gasteiger partial charge in [-0.25, -0.2) is 9.78 Å². The number of halogens is 1. The van der Waals surface area contributed by atoms with Crippen molar-refractivity contribution in [2.24, 2.45) is 0 Å². The molecule has 0 aliphatic heterocycles. The first kappa shape index (κ1) is 15.6. The zero-order chi connectivity index (χ0) is 16.2. The Morgan fingerprint density at radius 2 is 2.09 bits per heavy atom. The van der Waals surface area contributed by atoms with Gasteiger partial charge in [-0.15, -0.1) is 11.3 Å². The highest BCUT2D eigenvalue weighted by Gasteiger charge is 2.09. The van der Waals surface area contributed by atoms with Crippen LogP contribution in [0.15, 0.2) is 41.9 Å². The Labute approximate surface area is 141 Å². The van der Waals surface area contributed by atoms with Crippen molar-refractivity contribution >= 4 is 39.9 Å². The van der Waals surface area contributed by atoms with Gasteiger partial charge in [-0.05, 0) is 37.3 Å². The highest BCUT2D eigenvalue weighted by atomic mass is 35.5. The van der Waals surface area contributed by atoms with Crippen molar-refractivity contribution in [3.8, 4) is 11.5 Å². The summed E-state index contributed by atoms with van der Waals surface area (Å²) in [4.78, 5) is 16.9. The number of rotatable bonds is 5. The number of carbonyl (C=O) groups excluding carboxylic acids is 1. The lowest BCUT2D eigenvalue weighted by atomic mass is 10.3. The van der Waals surface area contributed by atoms with Crippen LogP contribution in [0.2, 0.25) is 5.15 Å². The molecule has 1 aromatic carbocycles. The van der Waals surface area contributed by atoms with Crippen molar-refractivity contribution in [3.63, 3.8) is 0 Å².